The van der Waals surface area contributed by atoms with E-state index in [0.717, 1.165) is 83.7 Å². The van der Waals surface area contributed by atoms with Gasteiger partial charge >= 0.3 is 0 Å². The standard InChI is InChI=1S/C51H41NO2Si2.C46H36F4N6O2/c1-30-23-33(24-31(2)52-30)41-28-45-48-32(25-43-38-21-18-36(26-46(38)54-51(43)45)55(3,4)34-13-9-7-10-14-34)17-20-40-49(48)42(41)29-44-39-22-19-37(27-47(39)53-50(40)44)56(5,6)35-15-11-8-12-16-35;1-17(2)41-51-42(18(3)4)54-45(53-41)29-15-31-36-24(14-28-26-10-22(48)12-34(50)40(26)57-37(28)31)30(46-55-43(19(5)6)52-44(56-46)20(7)8)16-32-35(36)23(29)13-27-25-9-21(47)11-33(49)39(25)58-38(27)32/h7-29H,1-6H3;9-20H,1-8H3. The van der Waals surface area contributed by atoms with Gasteiger partial charge in [-0.1, -0.05) is 193 Å². The highest BCUT2D eigenvalue weighted by Crippen LogP contribution is 2.53. The smallest absolute Gasteiger partial charge is 0.171 e. The summed E-state index contributed by atoms with van der Waals surface area (Å²) >= 11 is 0. The average molecular weight is 1540 g/mol. The largest absolute Gasteiger partial charge is 0.455 e. The van der Waals surface area contributed by atoms with Gasteiger partial charge in [-0.05, 0) is 131 Å². The van der Waals surface area contributed by atoms with Crippen molar-refractivity contribution in [3.05, 3.63) is 246 Å². The van der Waals surface area contributed by atoms with E-state index in [0.29, 0.717) is 100 Å². The molecule has 21 rings (SSSR count). The molecule has 0 fully saturated rings. The molecule has 14 aromatic carbocycles. The zero-order valence-corrected chi connectivity index (χ0v) is 67.5. The van der Waals surface area contributed by atoms with Crippen LogP contribution >= 0.6 is 0 Å². The molecule has 0 aliphatic rings. The van der Waals surface area contributed by atoms with Crippen molar-refractivity contribution in [1.29, 1.82) is 0 Å². The summed E-state index contributed by atoms with van der Waals surface area (Å²) in [4.78, 5) is 34.3. The van der Waals surface area contributed by atoms with Crippen LogP contribution < -0.4 is 20.7 Å². The molecule has 0 saturated heterocycles. The number of halogens is 4. The minimum atomic E-state index is -1.94. The first-order valence-electron chi connectivity index (χ1n) is 39.0. The van der Waals surface area contributed by atoms with Crippen molar-refractivity contribution in [2.45, 2.75) is 119 Å². The predicted molar refractivity (Wildman–Crippen MR) is 462 cm³/mol. The zero-order valence-electron chi connectivity index (χ0n) is 65.5. The molecule has 0 amide bonds. The van der Waals surface area contributed by atoms with Crippen LogP contribution in [0.25, 0.3) is 186 Å². The summed E-state index contributed by atoms with van der Waals surface area (Å²) < 4.78 is 87.8. The summed E-state index contributed by atoms with van der Waals surface area (Å²) in [6, 6.07) is 63.5. The number of fused-ring (bicyclic) bond motifs is 16. The number of furan rings is 4. The third-order valence-electron chi connectivity index (χ3n) is 23.7. The summed E-state index contributed by atoms with van der Waals surface area (Å²) in [7, 11) is -3.88. The second-order valence-corrected chi connectivity index (χ2v) is 42.1. The van der Waals surface area contributed by atoms with Crippen LogP contribution in [0.5, 0.6) is 0 Å². The van der Waals surface area contributed by atoms with E-state index < -0.39 is 39.4 Å². The molecule has 560 valence electrons. The van der Waals surface area contributed by atoms with Crippen molar-refractivity contribution in [2.75, 3.05) is 0 Å². The Kier molecular flexibility index (Phi) is 15.9. The Balaban J connectivity index is 0.000000148. The lowest BCUT2D eigenvalue weighted by Crippen LogP contribution is -2.52. The van der Waals surface area contributed by atoms with Gasteiger partial charge in [0.15, 0.2) is 34.4 Å². The number of aryl methyl sites for hydroxylation is 2. The van der Waals surface area contributed by atoms with Crippen LogP contribution in [0.2, 0.25) is 26.2 Å². The summed E-state index contributed by atoms with van der Waals surface area (Å²) in [6.45, 7) is 29.9. The van der Waals surface area contributed by atoms with Crippen LogP contribution in [0.1, 0.15) is 114 Å². The maximum Gasteiger partial charge on any atom is 0.171 e. The van der Waals surface area contributed by atoms with Crippen molar-refractivity contribution >= 4 is 189 Å². The average Bonchev–Trinajstić information content (AvgIpc) is 1.40. The predicted octanol–water partition coefficient (Wildman–Crippen LogP) is 24.8. The minimum Gasteiger partial charge on any atom is -0.455 e. The van der Waals surface area contributed by atoms with E-state index in [2.05, 4.69) is 180 Å². The maximum absolute atomic E-state index is 15.6. The molecule has 7 aromatic heterocycles. The Morgan fingerprint density at radius 3 is 1.08 bits per heavy atom. The summed E-state index contributed by atoms with van der Waals surface area (Å²) in [6.07, 6.45) is 0. The van der Waals surface area contributed by atoms with Gasteiger partial charge in [-0.3, -0.25) is 4.98 Å². The molecule has 114 heavy (non-hydrogen) atoms. The van der Waals surface area contributed by atoms with Crippen molar-refractivity contribution < 1.29 is 35.2 Å². The van der Waals surface area contributed by atoms with Crippen molar-refractivity contribution in [3.63, 3.8) is 0 Å². The molecule has 0 radical (unpaired) electrons. The third kappa shape index (κ3) is 10.9. The van der Waals surface area contributed by atoms with Gasteiger partial charge in [0.05, 0.1) is 0 Å². The third-order valence-corrected chi connectivity index (χ3v) is 30.7. The quantitative estimate of drug-likeness (QED) is 0.0694. The fourth-order valence-electron chi connectivity index (χ4n) is 17.6. The normalized spacial score (nSPS) is 12.8. The molecule has 0 atom stereocenters. The topological polar surface area (TPSA) is 143 Å². The maximum atomic E-state index is 15.6. The van der Waals surface area contributed by atoms with E-state index in [-0.39, 0.29) is 45.6 Å². The first-order chi connectivity index (χ1) is 54.7. The molecule has 0 spiro atoms. The molecular formula is C97H77F4N7O4Si2. The Labute approximate surface area is 654 Å². The second kappa shape index (κ2) is 25.6. The first-order valence-corrected chi connectivity index (χ1v) is 45.0. The van der Waals surface area contributed by atoms with E-state index in [1.54, 1.807) is 0 Å². The molecule has 0 bridgehead atoms. The molecule has 0 unspecified atom stereocenters. The lowest BCUT2D eigenvalue weighted by atomic mass is 9.86. The van der Waals surface area contributed by atoms with Crippen LogP contribution in [0.3, 0.4) is 0 Å². The molecule has 21 aromatic rings. The SMILES string of the molecule is CC(C)c1nc(-c2cc3c4oc5c(F)cc(F)cc5c4cc4c(-c5nc(C(C)C)nc(C(C)C)n5)cc5c6oc7c(F)cc(F)cc7c6cc2c5c43)nc(C(C)C)n1.Cc1cc(-c2cc3c4oc5cc([Si](C)(C)c6ccccc6)ccc5c4cc4ccc5c6oc7cc([Si](C)(C)c8ccccc8)ccc7c6cc2c5c43)cc(C)n1. The molecule has 0 aliphatic heterocycles. The van der Waals surface area contributed by atoms with E-state index in [1.165, 1.54) is 60.0 Å². The second-order valence-electron chi connectivity index (χ2n) is 33.3. The van der Waals surface area contributed by atoms with E-state index in [1.807, 2.05) is 79.7 Å². The number of nitrogens with zero attached hydrogens (tertiary/aromatic N) is 7. The highest BCUT2D eigenvalue weighted by Gasteiger charge is 2.33. The zero-order chi connectivity index (χ0) is 78.7. The van der Waals surface area contributed by atoms with Gasteiger partial charge in [0.2, 0.25) is 0 Å². The minimum absolute atomic E-state index is 0.0419. The number of hydrogen-bond donors (Lipinski definition) is 0. The fourth-order valence-corrected chi connectivity index (χ4v) is 22.3. The highest BCUT2D eigenvalue weighted by molar-refractivity contribution is 7.01. The molecule has 0 saturated carbocycles. The van der Waals surface area contributed by atoms with Gasteiger partial charge in [-0.2, -0.15) is 0 Å². The lowest BCUT2D eigenvalue weighted by molar-refractivity contribution is 0.563. The summed E-state index contributed by atoms with van der Waals surface area (Å²) in [5, 5.41) is 22.6. The van der Waals surface area contributed by atoms with Crippen LogP contribution in [0.15, 0.2) is 206 Å². The van der Waals surface area contributed by atoms with Gasteiger partial charge < -0.3 is 17.7 Å². The number of hydrogen-bond acceptors (Lipinski definition) is 11. The van der Waals surface area contributed by atoms with E-state index in [4.69, 9.17) is 52.6 Å². The summed E-state index contributed by atoms with van der Waals surface area (Å²) in [5.74, 6) is -0.228. The molecule has 0 N–H and O–H groups in total. The lowest BCUT2D eigenvalue weighted by Gasteiger charge is -2.23. The molecular weight excluding hydrogens is 1460 g/mol. The number of pyridine rings is 1. The summed E-state index contributed by atoms with van der Waals surface area (Å²) in [5.41, 5.74) is 9.71. The van der Waals surface area contributed by atoms with Crippen LogP contribution in [-0.4, -0.2) is 51.0 Å². The number of rotatable bonds is 11. The first kappa shape index (κ1) is 70.8. The van der Waals surface area contributed by atoms with Crippen molar-refractivity contribution in [1.82, 2.24) is 34.9 Å². The van der Waals surface area contributed by atoms with Crippen LogP contribution in [0.4, 0.5) is 17.6 Å². The van der Waals surface area contributed by atoms with Crippen LogP contribution in [0, 0.1) is 37.1 Å². The van der Waals surface area contributed by atoms with Crippen molar-refractivity contribution in [2.24, 2.45) is 0 Å². The van der Waals surface area contributed by atoms with Gasteiger partial charge in [0.1, 0.15) is 84.6 Å². The fraction of sp³-hybridized carbons (Fsp3) is 0.186. The van der Waals surface area contributed by atoms with Gasteiger partial charge in [-0.25, -0.2) is 47.5 Å². The number of benzene rings is 14. The molecule has 0 aliphatic carbocycles. The number of aromatic nitrogens is 7. The van der Waals surface area contributed by atoms with Gasteiger partial charge in [0, 0.05) is 144 Å². The molecule has 7 heterocycles. The van der Waals surface area contributed by atoms with E-state index in [9.17, 15) is 8.78 Å². The Morgan fingerprint density at radius 2 is 0.640 bits per heavy atom. The van der Waals surface area contributed by atoms with Gasteiger partial charge in [-0.15, -0.1) is 0 Å². The molecule has 11 nitrogen and oxygen atoms in total. The Morgan fingerprint density at radius 1 is 0.281 bits per heavy atom. The van der Waals surface area contributed by atoms with E-state index >= 15 is 8.78 Å². The monoisotopic (exact) mass is 1540 g/mol. The Hall–Kier alpha value is -12.3. The Bertz CT molecular complexity index is 7300. The highest BCUT2D eigenvalue weighted by atomic mass is 28.3. The van der Waals surface area contributed by atoms with Gasteiger partial charge in [0.25, 0.3) is 0 Å². The molecule has 17 heteroatoms. The van der Waals surface area contributed by atoms with Crippen LogP contribution in [-0.2, 0) is 0 Å². The van der Waals surface area contributed by atoms with Crippen molar-refractivity contribution in [3.8, 4) is 33.9 Å².